The monoisotopic (exact) mass is 298 g/mol. The molecule has 2 aromatic carbocycles. The first kappa shape index (κ1) is 13.6. The molecule has 0 heterocycles. The summed E-state index contributed by atoms with van der Waals surface area (Å²) < 4.78 is 0. The Morgan fingerprint density at radius 3 is 1.14 bits per heavy atom. The third kappa shape index (κ3) is 1.46. The molecule has 2 aromatic rings. The molecule has 0 fully saturated rings. The van der Waals surface area contributed by atoms with Crippen LogP contribution in [0.25, 0.3) is 0 Å². The largest absolute Gasteiger partial charge is 0.873 e. The molecule has 0 unspecified atom stereocenters. The van der Waals surface area contributed by atoms with Crippen molar-refractivity contribution in [3.63, 3.8) is 0 Å². The van der Waals surface area contributed by atoms with Crippen LogP contribution in [0, 0.1) is 0 Å². The number of carbonyl (C=O) groups is 2. The maximum atomic E-state index is 12.2. The van der Waals surface area contributed by atoms with Gasteiger partial charge in [-0.15, -0.1) is 23.0 Å². The zero-order valence-corrected chi connectivity index (χ0v) is 10.4. The van der Waals surface area contributed by atoms with Crippen molar-refractivity contribution < 1.29 is 40.2 Å². The van der Waals surface area contributed by atoms with Gasteiger partial charge < -0.3 is 30.6 Å². The van der Waals surface area contributed by atoms with Gasteiger partial charge in [0.2, 0.25) is 0 Å². The first-order valence-corrected chi connectivity index (χ1v) is 5.79. The number of benzene rings is 2. The lowest BCUT2D eigenvalue weighted by Crippen LogP contribution is -2.27. The van der Waals surface area contributed by atoms with Crippen molar-refractivity contribution in [1.29, 1.82) is 0 Å². The fraction of sp³-hybridized carbons (Fsp3) is 0. The van der Waals surface area contributed by atoms with Crippen LogP contribution >= 0.6 is 0 Å². The van der Waals surface area contributed by atoms with E-state index < -0.39 is 68.3 Å². The van der Waals surface area contributed by atoms with Crippen molar-refractivity contribution in [2.24, 2.45) is 0 Å². The van der Waals surface area contributed by atoms with E-state index in [9.17, 15) is 40.2 Å². The normalized spacial score (nSPS) is 12.9. The van der Waals surface area contributed by atoms with Crippen LogP contribution in [0.2, 0.25) is 0 Å². The van der Waals surface area contributed by atoms with E-state index in [1.807, 2.05) is 0 Å². The van der Waals surface area contributed by atoms with E-state index in [2.05, 4.69) is 0 Å². The van der Waals surface area contributed by atoms with Crippen LogP contribution in [0.4, 0.5) is 0 Å². The maximum absolute atomic E-state index is 12.2. The molecule has 0 saturated carbocycles. The zero-order chi connectivity index (χ0) is 16.3. The number of hydrogen-bond donors (Lipinski definition) is 0. The fourth-order valence-corrected chi connectivity index (χ4v) is 2.37. The van der Waals surface area contributed by atoms with Gasteiger partial charge in [0.25, 0.3) is 0 Å². The van der Waals surface area contributed by atoms with Gasteiger partial charge >= 0.3 is 0 Å². The first-order chi connectivity index (χ1) is 10.3. The summed E-state index contributed by atoms with van der Waals surface area (Å²) in [6.07, 6.45) is 0. The van der Waals surface area contributed by atoms with E-state index in [4.69, 9.17) is 0 Å². The number of carbonyl (C=O) groups excluding carboxylic acids is 2. The number of rotatable bonds is 0. The third-order valence-electron chi connectivity index (χ3n) is 3.33. The molecule has 0 radical (unpaired) electrons. The van der Waals surface area contributed by atoms with E-state index >= 15 is 0 Å². The number of fused-ring (bicyclic) bond motifs is 2. The van der Waals surface area contributed by atoms with Crippen LogP contribution in [-0.4, -0.2) is 11.6 Å². The van der Waals surface area contributed by atoms with Gasteiger partial charge in [0, 0.05) is 22.3 Å². The predicted octanol–water partition coefficient (Wildman–Crippen LogP) is -3.10. The van der Waals surface area contributed by atoms with Crippen LogP contribution in [0.3, 0.4) is 0 Å². The van der Waals surface area contributed by atoms with Gasteiger partial charge in [0.1, 0.15) is 0 Å². The lowest BCUT2D eigenvalue weighted by atomic mass is 9.81. The quantitative estimate of drug-likeness (QED) is 0.419. The third-order valence-corrected chi connectivity index (χ3v) is 3.33. The van der Waals surface area contributed by atoms with E-state index in [0.29, 0.717) is 12.1 Å². The Kier molecular flexibility index (Phi) is 2.49. The molecule has 8 heteroatoms. The summed E-state index contributed by atoms with van der Waals surface area (Å²) in [6.45, 7) is 0. The Hall–Kier alpha value is -3.42. The fourth-order valence-electron chi connectivity index (χ4n) is 2.37. The SMILES string of the molecule is O=C1c2c([O-])cc([O-])c([O-])c2C(=O)c2c([O-])cc([O-])c([O-])c21. The second-order valence-corrected chi connectivity index (χ2v) is 4.56. The van der Waals surface area contributed by atoms with Gasteiger partial charge in [-0.05, 0) is 0 Å². The summed E-state index contributed by atoms with van der Waals surface area (Å²) >= 11 is 0. The predicted molar refractivity (Wildman–Crippen MR) is 56.4 cm³/mol. The van der Waals surface area contributed by atoms with Gasteiger partial charge in [0.15, 0.2) is 11.6 Å². The summed E-state index contributed by atoms with van der Waals surface area (Å²) in [6, 6.07) is 0.641. The van der Waals surface area contributed by atoms with Crippen molar-refractivity contribution in [3.8, 4) is 34.5 Å². The highest BCUT2D eigenvalue weighted by atomic mass is 16.3. The van der Waals surface area contributed by atoms with Crippen LogP contribution in [0.5, 0.6) is 34.5 Å². The van der Waals surface area contributed by atoms with Gasteiger partial charge in [-0.1, -0.05) is 23.6 Å². The molecular formula is C14H2O8-6. The summed E-state index contributed by atoms with van der Waals surface area (Å²) in [5.74, 6) is -10.6. The minimum atomic E-state index is -1.41. The molecule has 112 valence electrons. The average molecular weight is 298 g/mol. The molecule has 1 aliphatic rings. The summed E-state index contributed by atoms with van der Waals surface area (Å²) in [5.41, 5.74) is -3.95. The highest BCUT2D eigenvalue weighted by Crippen LogP contribution is 2.44. The molecule has 0 aromatic heterocycles. The minimum Gasteiger partial charge on any atom is -0.873 e. The molecule has 8 nitrogen and oxygen atoms in total. The van der Waals surface area contributed by atoms with Gasteiger partial charge in [-0.25, -0.2) is 0 Å². The Labute approximate surface area is 121 Å². The molecule has 0 atom stereocenters. The van der Waals surface area contributed by atoms with Crippen molar-refractivity contribution >= 4 is 11.6 Å². The lowest BCUT2D eigenvalue weighted by Gasteiger charge is -2.36. The van der Waals surface area contributed by atoms with E-state index in [-0.39, 0.29) is 0 Å². The Morgan fingerprint density at radius 1 is 0.500 bits per heavy atom. The summed E-state index contributed by atoms with van der Waals surface area (Å²) in [5, 5.41) is 69.5. The summed E-state index contributed by atoms with van der Waals surface area (Å²) in [4.78, 5) is 24.4. The van der Waals surface area contributed by atoms with Crippen LogP contribution in [-0.2, 0) is 0 Å². The van der Waals surface area contributed by atoms with Crippen LogP contribution in [0.1, 0.15) is 31.8 Å². The van der Waals surface area contributed by atoms with E-state index in [1.54, 1.807) is 0 Å². The van der Waals surface area contributed by atoms with Crippen LogP contribution < -0.4 is 30.6 Å². The van der Waals surface area contributed by atoms with Crippen molar-refractivity contribution in [2.75, 3.05) is 0 Å². The molecular weight excluding hydrogens is 296 g/mol. The molecule has 0 amide bonds. The minimum absolute atomic E-state index is 0.320. The standard InChI is InChI=1S/C14H8O8/c15-3-1-5(17)11(19)9-7(3)13(21)10-8(14(9)22)4(16)2-6(18)12(10)20/h1-2,15-20H/p-6. The highest BCUT2D eigenvalue weighted by molar-refractivity contribution is 6.32. The van der Waals surface area contributed by atoms with Crippen molar-refractivity contribution in [1.82, 2.24) is 0 Å². The van der Waals surface area contributed by atoms with Gasteiger partial charge in [-0.2, -0.15) is 0 Å². The molecule has 0 N–H and O–H groups in total. The van der Waals surface area contributed by atoms with Crippen molar-refractivity contribution in [2.45, 2.75) is 0 Å². The number of hydrogen-bond acceptors (Lipinski definition) is 8. The van der Waals surface area contributed by atoms with Crippen LogP contribution in [0.15, 0.2) is 12.1 Å². The maximum Gasteiger partial charge on any atom is 0.193 e. The topological polar surface area (TPSA) is 172 Å². The summed E-state index contributed by atoms with van der Waals surface area (Å²) in [7, 11) is 0. The van der Waals surface area contributed by atoms with E-state index in [1.165, 1.54) is 0 Å². The molecule has 0 bridgehead atoms. The number of ketones is 2. The first-order valence-electron chi connectivity index (χ1n) is 5.79. The molecule has 0 aliphatic heterocycles. The molecule has 0 spiro atoms. The van der Waals surface area contributed by atoms with Gasteiger partial charge in [-0.3, -0.25) is 9.59 Å². The second kappa shape index (κ2) is 4.04. The Morgan fingerprint density at radius 2 is 0.818 bits per heavy atom. The second-order valence-electron chi connectivity index (χ2n) is 4.56. The smallest absolute Gasteiger partial charge is 0.193 e. The molecule has 22 heavy (non-hydrogen) atoms. The zero-order valence-electron chi connectivity index (χ0n) is 10.4. The lowest BCUT2D eigenvalue weighted by molar-refractivity contribution is -0.321. The van der Waals surface area contributed by atoms with Gasteiger partial charge in [0.05, 0.1) is 0 Å². The molecule has 3 rings (SSSR count). The highest BCUT2D eigenvalue weighted by Gasteiger charge is 2.31. The Bertz CT molecular complexity index is 808. The average Bonchev–Trinajstić information content (AvgIpc) is 2.44. The molecule has 1 aliphatic carbocycles. The van der Waals surface area contributed by atoms with E-state index in [0.717, 1.165) is 0 Å². The van der Waals surface area contributed by atoms with Crippen molar-refractivity contribution in [3.05, 3.63) is 34.4 Å². The Balaban J connectivity index is 2.49. The molecule has 0 saturated heterocycles.